The Bertz CT molecular complexity index is 193. The van der Waals surface area contributed by atoms with Crippen molar-refractivity contribution in [3.63, 3.8) is 0 Å². The number of nitrogens with zero attached hydrogens (tertiary/aromatic N) is 2. The van der Waals surface area contributed by atoms with E-state index in [4.69, 9.17) is 5.84 Å². The fraction of sp³-hybridized carbons (Fsp3) is 0.667. The second kappa shape index (κ2) is 3.45. The van der Waals surface area contributed by atoms with Crippen molar-refractivity contribution in [1.29, 1.82) is 0 Å². The monoisotopic (exact) mass is 155 g/mol. The van der Waals surface area contributed by atoms with Gasteiger partial charge < -0.3 is 0 Å². The summed E-state index contributed by atoms with van der Waals surface area (Å²) in [6, 6.07) is 0.0532. The zero-order valence-corrected chi connectivity index (χ0v) is 6.70. The van der Waals surface area contributed by atoms with Crippen molar-refractivity contribution in [1.82, 2.24) is 20.6 Å². The normalized spacial score (nSPS) is 13.8. The smallest absolute Gasteiger partial charge is 0.142 e. The molecule has 1 heterocycles. The van der Waals surface area contributed by atoms with Crippen LogP contribution in [0.4, 0.5) is 0 Å². The summed E-state index contributed by atoms with van der Waals surface area (Å²) in [7, 11) is 0. The highest BCUT2D eigenvalue weighted by Gasteiger charge is 2.15. The van der Waals surface area contributed by atoms with Gasteiger partial charge in [-0.15, -0.1) is 0 Å². The molecule has 0 spiro atoms. The van der Waals surface area contributed by atoms with Gasteiger partial charge in [-0.3, -0.25) is 10.9 Å². The Labute approximate surface area is 65.4 Å². The Morgan fingerprint density at radius 3 is 2.73 bits per heavy atom. The number of H-pyrrole nitrogens is 1. The molecule has 1 aromatic rings. The van der Waals surface area contributed by atoms with Gasteiger partial charge in [0.25, 0.3) is 0 Å². The van der Waals surface area contributed by atoms with Gasteiger partial charge in [0.2, 0.25) is 0 Å². The van der Waals surface area contributed by atoms with E-state index in [0.717, 1.165) is 5.82 Å². The molecular weight excluding hydrogens is 142 g/mol. The molecule has 5 nitrogen and oxygen atoms in total. The molecule has 0 bridgehead atoms. The molecule has 0 aliphatic heterocycles. The van der Waals surface area contributed by atoms with Crippen molar-refractivity contribution in [3.05, 3.63) is 12.2 Å². The van der Waals surface area contributed by atoms with Gasteiger partial charge in [-0.2, -0.15) is 5.10 Å². The SMILES string of the molecule is CC(C)C(NN)c1ncn[nH]1. The Morgan fingerprint density at radius 2 is 2.36 bits per heavy atom. The highest BCUT2D eigenvalue weighted by molar-refractivity contribution is 4.91. The average molecular weight is 155 g/mol. The molecule has 5 heteroatoms. The molecule has 0 saturated heterocycles. The summed E-state index contributed by atoms with van der Waals surface area (Å²) in [5, 5.41) is 6.51. The van der Waals surface area contributed by atoms with Gasteiger partial charge >= 0.3 is 0 Å². The maximum absolute atomic E-state index is 5.33. The van der Waals surface area contributed by atoms with E-state index in [1.54, 1.807) is 0 Å². The van der Waals surface area contributed by atoms with E-state index < -0.39 is 0 Å². The summed E-state index contributed by atoms with van der Waals surface area (Å²) in [5.41, 5.74) is 2.67. The third-order valence-electron chi connectivity index (χ3n) is 1.57. The van der Waals surface area contributed by atoms with E-state index in [0.29, 0.717) is 5.92 Å². The molecule has 0 fully saturated rings. The van der Waals surface area contributed by atoms with Gasteiger partial charge in [0.05, 0.1) is 6.04 Å². The number of hydrazine groups is 1. The van der Waals surface area contributed by atoms with Crippen LogP contribution in [0, 0.1) is 5.92 Å². The van der Waals surface area contributed by atoms with E-state index in [9.17, 15) is 0 Å². The molecule has 0 aromatic carbocycles. The van der Waals surface area contributed by atoms with Crippen LogP contribution in [0.2, 0.25) is 0 Å². The van der Waals surface area contributed by atoms with E-state index in [2.05, 4.69) is 34.5 Å². The Morgan fingerprint density at radius 1 is 1.64 bits per heavy atom. The van der Waals surface area contributed by atoms with E-state index in [1.165, 1.54) is 6.33 Å². The summed E-state index contributed by atoms with van der Waals surface area (Å²) in [5.74, 6) is 6.50. The minimum atomic E-state index is 0.0532. The van der Waals surface area contributed by atoms with Crippen LogP contribution in [0.1, 0.15) is 25.7 Å². The van der Waals surface area contributed by atoms with Crippen molar-refractivity contribution < 1.29 is 0 Å². The predicted molar refractivity (Wildman–Crippen MR) is 41.3 cm³/mol. The number of rotatable bonds is 3. The van der Waals surface area contributed by atoms with Crippen LogP contribution >= 0.6 is 0 Å². The minimum Gasteiger partial charge on any atom is -0.271 e. The first-order valence-electron chi connectivity index (χ1n) is 3.57. The quantitative estimate of drug-likeness (QED) is 0.423. The third-order valence-corrected chi connectivity index (χ3v) is 1.57. The first-order valence-corrected chi connectivity index (χ1v) is 3.57. The number of nitrogens with two attached hydrogens (primary N) is 1. The first kappa shape index (κ1) is 8.16. The molecular formula is C6H13N5. The van der Waals surface area contributed by atoms with Crippen LogP contribution in [-0.2, 0) is 0 Å². The topological polar surface area (TPSA) is 79.6 Å². The molecule has 0 aliphatic rings. The van der Waals surface area contributed by atoms with Crippen LogP contribution in [0.3, 0.4) is 0 Å². The molecule has 1 atom stereocenters. The molecule has 4 N–H and O–H groups in total. The summed E-state index contributed by atoms with van der Waals surface area (Å²) in [6.07, 6.45) is 1.47. The third kappa shape index (κ3) is 1.75. The zero-order chi connectivity index (χ0) is 8.27. The van der Waals surface area contributed by atoms with Gasteiger partial charge in [-0.1, -0.05) is 13.8 Å². The van der Waals surface area contributed by atoms with Crippen LogP contribution < -0.4 is 11.3 Å². The van der Waals surface area contributed by atoms with Crippen molar-refractivity contribution in [3.8, 4) is 0 Å². The highest BCUT2D eigenvalue weighted by Crippen LogP contribution is 2.15. The summed E-state index contributed by atoms with van der Waals surface area (Å²) in [6.45, 7) is 4.13. The first-order chi connectivity index (χ1) is 5.25. The Hall–Kier alpha value is -0.940. The summed E-state index contributed by atoms with van der Waals surface area (Å²) in [4.78, 5) is 4.00. The average Bonchev–Trinajstić information content (AvgIpc) is 2.40. The van der Waals surface area contributed by atoms with E-state index in [-0.39, 0.29) is 6.04 Å². The molecule has 1 unspecified atom stereocenters. The molecule has 0 saturated carbocycles. The molecule has 11 heavy (non-hydrogen) atoms. The zero-order valence-electron chi connectivity index (χ0n) is 6.70. The Kier molecular flexibility index (Phi) is 2.56. The summed E-state index contributed by atoms with van der Waals surface area (Å²) < 4.78 is 0. The summed E-state index contributed by atoms with van der Waals surface area (Å²) >= 11 is 0. The van der Waals surface area contributed by atoms with Crippen molar-refractivity contribution in [2.45, 2.75) is 19.9 Å². The molecule has 0 radical (unpaired) electrons. The number of nitrogens with one attached hydrogen (secondary N) is 2. The second-order valence-electron chi connectivity index (χ2n) is 2.76. The maximum atomic E-state index is 5.33. The largest absolute Gasteiger partial charge is 0.271 e. The number of aromatic nitrogens is 3. The fourth-order valence-electron chi connectivity index (χ4n) is 0.952. The van der Waals surface area contributed by atoms with E-state index >= 15 is 0 Å². The Balaban J connectivity index is 2.71. The van der Waals surface area contributed by atoms with Gasteiger partial charge in [-0.25, -0.2) is 10.4 Å². The van der Waals surface area contributed by atoms with E-state index in [1.807, 2.05) is 0 Å². The highest BCUT2D eigenvalue weighted by atomic mass is 15.3. The lowest BCUT2D eigenvalue weighted by molar-refractivity contribution is 0.403. The molecule has 1 aromatic heterocycles. The number of hydrogen-bond acceptors (Lipinski definition) is 4. The van der Waals surface area contributed by atoms with Crippen molar-refractivity contribution >= 4 is 0 Å². The van der Waals surface area contributed by atoms with Crippen LogP contribution in [-0.4, -0.2) is 15.2 Å². The van der Waals surface area contributed by atoms with Gasteiger partial charge in [0.15, 0.2) is 0 Å². The molecule has 0 aliphatic carbocycles. The molecule has 0 amide bonds. The van der Waals surface area contributed by atoms with Crippen LogP contribution in [0.25, 0.3) is 0 Å². The predicted octanol–water partition coefficient (Wildman–Crippen LogP) is -0.0349. The lowest BCUT2D eigenvalue weighted by atomic mass is 10.1. The lowest BCUT2D eigenvalue weighted by Crippen LogP contribution is -2.32. The number of hydrogen-bond donors (Lipinski definition) is 3. The standard InChI is InChI=1S/C6H13N5/c1-4(2)5(10-7)6-8-3-9-11-6/h3-5,10H,7H2,1-2H3,(H,8,9,11). The number of aromatic amines is 1. The van der Waals surface area contributed by atoms with Crippen LogP contribution in [0.5, 0.6) is 0 Å². The van der Waals surface area contributed by atoms with Gasteiger partial charge in [-0.05, 0) is 5.92 Å². The molecule has 1 rings (SSSR count). The van der Waals surface area contributed by atoms with Gasteiger partial charge in [0.1, 0.15) is 12.2 Å². The second-order valence-corrected chi connectivity index (χ2v) is 2.76. The van der Waals surface area contributed by atoms with Crippen molar-refractivity contribution in [2.24, 2.45) is 11.8 Å². The lowest BCUT2D eigenvalue weighted by Gasteiger charge is -2.15. The fourth-order valence-corrected chi connectivity index (χ4v) is 0.952. The minimum absolute atomic E-state index is 0.0532. The van der Waals surface area contributed by atoms with Crippen molar-refractivity contribution in [2.75, 3.05) is 0 Å². The molecule has 62 valence electrons. The maximum Gasteiger partial charge on any atom is 0.142 e. The van der Waals surface area contributed by atoms with Crippen LogP contribution in [0.15, 0.2) is 6.33 Å². The van der Waals surface area contributed by atoms with Gasteiger partial charge in [0, 0.05) is 0 Å².